The number of benzene rings is 1. The zero-order valence-corrected chi connectivity index (χ0v) is 8.01. The Balaban J connectivity index is 2.16. The van der Waals surface area contributed by atoms with Crippen molar-refractivity contribution in [2.75, 3.05) is 0 Å². The summed E-state index contributed by atoms with van der Waals surface area (Å²) in [6.07, 6.45) is 2.81. The summed E-state index contributed by atoms with van der Waals surface area (Å²) in [5.41, 5.74) is 1.43. The maximum atomic E-state index is 5.81. The molecule has 0 spiro atoms. The van der Waals surface area contributed by atoms with E-state index in [4.69, 9.17) is 11.6 Å². The molecule has 1 heteroatoms. The van der Waals surface area contributed by atoms with Gasteiger partial charge in [0.1, 0.15) is 0 Å². The van der Waals surface area contributed by atoms with Gasteiger partial charge in [0.05, 0.1) is 0 Å². The molecule has 0 nitrogen and oxygen atoms in total. The van der Waals surface area contributed by atoms with Crippen LogP contribution in [0, 0.1) is 5.92 Å². The fourth-order valence-corrected chi connectivity index (χ4v) is 1.76. The molecule has 12 heavy (non-hydrogen) atoms. The second-order valence-corrected chi connectivity index (χ2v) is 4.11. The summed E-state index contributed by atoms with van der Waals surface area (Å²) in [6, 6.07) is 8.25. The van der Waals surface area contributed by atoms with Crippen LogP contribution in [-0.2, 0) is 0 Å². The molecule has 1 unspecified atom stereocenters. The van der Waals surface area contributed by atoms with Crippen molar-refractivity contribution in [3.8, 4) is 0 Å². The zero-order chi connectivity index (χ0) is 8.55. The fraction of sp³-hybridized carbons (Fsp3) is 0.455. The van der Waals surface area contributed by atoms with Gasteiger partial charge in [0.15, 0.2) is 0 Å². The highest BCUT2D eigenvalue weighted by Crippen LogP contribution is 2.42. The number of halogens is 1. The molecule has 0 heterocycles. The van der Waals surface area contributed by atoms with Gasteiger partial charge in [-0.05, 0) is 42.4 Å². The van der Waals surface area contributed by atoms with E-state index in [1.165, 1.54) is 18.4 Å². The second-order valence-electron chi connectivity index (χ2n) is 3.68. The van der Waals surface area contributed by atoms with E-state index in [9.17, 15) is 0 Å². The second kappa shape index (κ2) is 3.10. The molecule has 1 aliphatic carbocycles. The third-order valence-corrected chi connectivity index (χ3v) is 2.98. The van der Waals surface area contributed by atoms with Crippen LogP contribution in [-0.4, -0.2) is 0 Å². The Labute approximate surface area is 78.6 Å². The van der Waals surface area contributed by atoms with Crippen LogP contribution in [0.2, 0.25) is 5.02 Å². The molecule has 0 bridgehead atoms. The molecule has 1 aromatic carbocycles. The first-order chi connectivity index (χ1) is 5.77. The van der Waals surface area contributed by atoms with Crippen molar-refractivity contribution in [3.05, 3.63) is 34.9 Å². The molecule has 1 fully saturated rings. The van der Waals surface area contributed by atoms with Crippen LogP contribution in [0.3, 0.4) is 0 Å². The quantitative estimate of drug-likeness (QED) is 0.649. The summed E-state index contributed by atoms with van der Waals surface area (Å²) in [5, 5.41) is 0.835. The van der Waals surface area contributed by atoms with Gasteiger partial charge >= 0.3 is 0 Å². The highest BCUT2D eigenvalue weighted by atomic mass is 35.5. The first-order valence-electron chi connectivity index (χ1n) is 4.53. The van der Waals surface area contributed by atoms with Crippen LogP contribution in [0.4, 0.5) is 0 Å². The summed E-state index contributed by atoms with van der Waals surface area (Å²) in [6.45, 7) is 2.31. The van der Waals surface area contributed by atoms with Gasteiger partial charge in [-0.1, -0.05) is 30.7 Å². The van der Waals surface area contributed by atoms with E-state index < -0.39 is 0 Å². The van der Waals surface area contributed by atoms with Crippen LogP contribution >= 0.6 is 11.6 Å². The number of rotatable bonds is 2. The minimum Gasteiger partial charge on any atom is -0.0843 e. The molecule has 0 amide bonds. The van der Waals surface area contributed by atoms with Crippen LogP contribution in [0.1, 0.15) is 31.2 Å². The van der Waals surface area contributed by atoms with Crippen LogP contribution in [0.5, 0.6) is 0 Å². The average molecular weight is 181 g/mol. The lowest BCUT2D eigenvalue weighted by Crippen LogP contribution is -1.94. The van der Waals surface area contributed by atoms with E-state index in [0.717, 1.165) is 16.9 Å². The van der Waals surface area contributed by atoms with Crippen molar-refractivity contribution in [1.82, 2.24) is 0 Å². The Hall–Kier alpha value is -0.490. The third kappa shape index (κ3) is 1.64. The van der Waals surface area contributed by atoms with E-state index in [1.807, 2.05) is 12.1 Å². The molecular weight excluding hydrogens is 168 g/mol. The SMILES string of the molecule is CC(c1ccc(Cl)cc1)C1CC1. The number of hydrogen-bond acceptors (Lipinski definition) is 0. The number of hydrogen-bond donors (Lipinski definition) is 0. The third-order valence-electron chi connectivity index (χ3n) is 2.72. The largest absolute Gasteiger partial charge is 0.0843 e. The maximum Gasteiger partial charge on any atom is 0.0406 e. The monoisotopic (exact) mass is 180 g/mol. The predicted molar refractivity (Wildman–Crippen MR) is 52.6 cm³/mol. The lowest BCUT2D eigenvalue weighted by molar-refractivity contribution is 0.664. The molecule has 1 saturated carbocycles. The highest BCUT2D eigenvalue weighted by Gasteiger charge is 2.28. The maximum absolute atomic E-state index is 5.81. The van der Waals surface area contributed by atoms with Gasteiger partial charge in [-0.15, -0.1) is 0 Å². The lowest BCUT2D eigenvalue weighted by Gasteiger charge is -2.09. The molecule has 1 aliphatic rings. The summed E-state index contributed by atoms with van der Waals surface area (Å²) >= 11 is 5.81. The molecular formula is C11H13Cl. The Morgan fingerprint density at radius 3 is 2.33 bits per heavy atom. The van der Waals surface area contributed by atoms with Gasteiger partial charge in [-0.25, -0.2) is 0 Å². The van der Waals surface area contributed by atoms with E-state index in [2.05, 4.69) is 19.1 Å². The van der Waals surface area contributed by atoms with Crippen LogP contribution < -0.4 is 0 Å². The molecule has 2 rings (SSSR count). The Kier molecular flexibility index (Phi) is 2.10. The summed E-state index contributed by atoms with van der Waals surface area (Å²) in [4.78, 5) is 0. The Morgan fingerprint density at radius 2 is 1.83 bits per heavy atom. The molecule has 1 aromatic rings. The van der Waals surface area contributed by atoms with Gasteiger partial charge in [0, 0.05) is 5.02 Å². The smallest absolute Gasteiger partial charge is 0.0406 e. The minimum atomic E-state index is 0.724. The Morgan fingerprint density at radius 1 is 1.25 bits per heavy atom. The molecule has 0 radical (unpaired) electrons. The van der Waals surface area contributed by atoms with Crippen molar-refractivity contribution in [2.45, 2.75) is 25.7 Å². The van der Waals surface area contributed by atoms with Crippen LogP contribution in [0.15, 0.2) is 24.3 Å². The van der Waals surface area contributed by atoms with Crippen molar-refractivity contribution >= 4 is 11.6 Å². The van der Waals surface area contributed by atoms with Gasteiger partial charge < -0.3 is 0 Å². The molecule has 64 valence electrons. The predicted octanol–water partition coefficient (Wildman–Crippen LogP) is 3.85. The molecule has 0 aliphatic heterocycles. The topological polar surface area (TPSA) is 0 Å². The zero-order valence-electron chi connectivity index (χ0n) is 7.26. The lowest BCUT2D eigenvalue weighted by atomic mass is 9.97. The van der Waals surface area contributed by atoms with Crippen molar-refractivity contribution in [3.63, 3.8) is 0 Å². The van der Waals surface area contributed by atoms with E-state index >= 15 is 0 Å². The van der Waals surface area contributed by atoms with E-state index in [-0.39, 0.29) is 0 Å². The highest BCUT2D eigenvalue weighted by molar-refractivity contribution is 6.30. The normalized spacial score (nSPS) is 19.2. The minimum absolute atomic E-state index is 0.724. The summed E-state index contributed by atoms with van der Waals surface area (Å²) in [7, 11) is 0. The molecule has 0 aromatic heterocycles. The van der Waals surface area contributed by atoms with E-state index in [1.54, 1.807) is 0 Å². The molecule has 0 saturated heterocycles. The van der Waals surface area contributed by atoms with Crippen molar-refractivity contribution in [1.29, 1.82) is 0 Å². The summed E-state index contributed by atoms with van der Waals surface area (Å²) in [5.74, 6) is 1.66. The standard InChI is InChI=1S/C11H13Cl/c1-8(9-2-3-9)10-4-6-11(12)7-5-10/h4-9H,2-3H2,1H3. The van der Waals surface area contributed by atoms with Gasteiger partial charge in [0.25, 0.3) is 0 Å². The Bertz CT molecular complexity index is 259. The molecule has 0 N–H and O–H groups in total. The first kappa shape index (κ1) is 8.12. The average Bonchev–Trinajstić information content (AvgIpc) is 2.87. The molecule has 1 atom stereocenters. The summed E-state index contributed by atoms with van der Waals surface area (Å²) < 4.78 is 0. The van der Waals surface area contributed by atoms with Crippen molar-refractivity contribution < 1.29 is 0 Å². The van der Waals surface area contributed by atoms with Gasteiger partial charge in [-0.2, -0.15) is 0 Å². The van der Waals surface area contributed by atoms with Crippen LogP contribution in [0.25, 0.3) is 0 Å². The van der Waals surface area contributed by atoms with Gasteiger partial charge in [0.2, 0.25) is 0 Å². The first-order valence-corrected chi connectivity index (χ1v) is 4.90. The van der Waals surface area contributed by atoms with E-state index in [0.29, 0.717) is 0 Å². The fourth-order valence-electron chi connectivity index (χ4n) is 1.63. The van der Waals surface area contributed by atoms with Crippen molar-refractivity contribution in [2.24, 2.45) is 5.92 Å². The van der Waals surface area contributed by atoms with Gasteiger partial charge in [-0.3, -0.25) is 0 Å².